The number of aromatic nitrogens is 1. The van der Waals surface area contributed by atoms with Crippen LogP contribution in [-0.4, -0.2) is 22.8 Å². The number of aromatic carboxylic acids is 1. The molecule has 0 aliphatic carbocycles. The zero-order valence-corrected chi connectivity index (χ0v) is 18.8. The summed E-state index contributed by atoms with van der Waals surface area (Å²) in [5.41, 5.74) is 4.72. The first kappa shape index (κ1) is 22.6. The molecule has 33 heavy (non-hydrogen) atoms. The predicted octanol–water partition coefficient (Wildman–Crippen LogP) is 5.39. The molecule has 0 fully saturated rings. The second-order valence-corrected chi connectivity index (χ2v) is 8.01. The third kappa shape index (κ3) is 4.91. The van der Waals surface area contributed by atoms with Gasteiger partial charge in [0.15, 0.2) is 0 Å². The summed E-state index contributed by atoms with van der Waals surface area (Å²) in [5.74, 6) is -0.743. The summed E-state index contributed by atoms with van der Waals surface area (Å²) in [6.45, 7) is 3.36. The number of hydrogen-bond donors (Lipinski definition) is 2. The Labute approximate surface area is 192 Å². The zero-order chi connectivity index (χ0) is 23.4. The van der Waals surface area contributed by atoms with E-state index in [1.54, 1.807) is 23.8 Å². The fourth-order valence-electron chi connectivity index (χ4n) is 4.16. The Balaban J connectivity index is 1.71. The largest absolute Gasteiger partial charge is 0.497 e. The van der Waals surface area contributed by atoms with Crippen molar-refractivity contribution in [1.82, 2.24) is 9.88 Å². The van der Waals surface area contributed by atoms with E-state index < -0.39 is 5.97 Å². The highest BCUT2D eigenvalue weighted by Crippen LogP contribution is 2.31. The Kier molecular flexibility index (Phi) is 6.75. The fraction of sp³-hybridized carbons (Fsp3) is 0.222. The number of benzene rings is 3. The molecule has 0 saturated heterocycles. The maximum absolute atomic E-state index is 13.8. The topological polar surface area (TPSA) is 63.5 Å². The van der Waals surface area contributed by atoms with Crippen molar-refractivity contribution in [2.45, 2.75) is 33.0 Å². The quantitative estimate of drug-likeness (QED) is 0.362. The Bertz CT molecular complexity index is 1280. The van der Waals surface area contributed by atoms with E-state index >= 15 is 0 Å². The van der Waals surface area contributed by atoms with Crippen LogP contribution in [0.25, 0.3) is 10.9 Å². The number of hydrogen-bond acceptors (Lipinski definition) is 3. The third-order valence-electron chi connectivity index (χ3n) is 5.87. The van der Waals surface area contributed by atoms with Crippen LogP contribution in [0.3, 0.4) is 0 Å². The van der Waals surface area contributed by atoms with Crippen LogP contribution in [0.4, 0.5) is 4.39 Å². The zero-order valence-electron chi connectivity index (χ0n) is 18.8. The summed E-state index contributed by atoms with van der Waals surface area (Å²) in [7, 11) is 1.57. The second kappa shape index (κ2) is 9.88. The summed E-state index contributed by atoms with van der Waals surface area (Å²) in [6.07, 6.45) is 0.990. The van der Waals surface area contributed by atoms with Gasteiger partial charge in [-0.15, -0.1) is 0 Å². The molecule has 0 amide bonds. The maximum atomic E-state index is 13.8. The van der Waals surface area contributed by atoms with Crippen LogP contribution in [0.1, 0.15) is 39.7 Å². The molecular weight excluding hydrogens is 419 g/mol. The lowest BCUT2D eigenvalue weighted by molar-refractivity contribution is 0.0684. The normalized spacial score (nSPS) is 11.1. The summed E-state index contributed by atoms with van der Waals surface area (Å²) < 4.78 is 20.9. The first-order chi connectivity index (χ1) is 16.0. The number of fused-ring (bicyclic) bond motifs is 1. The summed E-state index contributed by atoms with van der Waals surface area (Å²) >= 11 is 0. The van der Waals surface area contributed by atoms with Gasteiger partial charge in [0.2, 0.25) is 0 Å². The minimum absolute atomic E-state index is 0.191. The van der Waals surface area contributed by atoms with E-state index in [9.17, 15) is 14.3 Å². The van der Waals surface area contributed by atoms with E-state index in [1.807, 2.05) is 18.2 Å². The SMILES string of the molecule is CCc1ccc(CNCc2c(C(=O)O)n(Cc3cccc(F)c3)c3cc(OC)ccc23)cc1. The molecule has 0 aliphatic rings. The van der Waals surface area contributed by atoms with Crippen molar-refractivity contribution in [2.24, 2.45) is 0 Å². The lowest BCUT2D eigenvalue weighted by atomic mass is 10.1. The molecule has 0 radical (unpaired) electrons. The number of carboxylic acids is 1. The number of rotatable bonds is 9. The van der Waals surface area contributed by atoms with Crippen molar-refractivity contribution in [3.05, 3.63) is 100 Å². The van der Waals surface area contributed by atoms with Gasteiger partial charge in [-0.2, -0.15) is 0 Å². The van der Waals surface area contributed by atoms with Crippen LogP contribution in [0.2, 0.25) is 0 Å². The number of halogens is 1. The number of aryl methyl sites for hydroxylation is 1. The average Bonchev–Trinajstić information content (AvgIpc) is 3.12. The number of carboxylic acid groups (broad SMARTS) is 1. The van der Waals surface area contributed by atoms with Crippen molar-refractivity contribution < 1.29 is 19.0 Å². The van der Waals surface area contributed by atoms with E-state index in [2.05, 4.69) is 36.5 Å². The first-order valence-corrected chi connectivity index (χ1v) is 11.0. The molecule has 1 aromatic heterocycles. The molecule has 0 bridgehead atoms. The van der Waals surface area contributed by atoms with Gasteiger partial charge in [0, 0.05) is 36.7 Å². The van der Waals surface area contributed by atoms with Crippen LogP contribution in [0.5, 0.6) is 5.75 Å². The van der Waals surface area contributed by atoms with Crippen LogP contribution >= 0.6 is 0 Å². The summed E-state index contributed by atoms with van der Waals surface area (Å²) in [5, 5.41) is 14.3. The minimum Gasteiger partial charge on any atom is -0.497 e. The Morgan fingerprint density at radius 1 is 1.00 bits per heavy atom. The molecule has 4 aromatic rings. The van der Waals surface area contributed by atoms with Crippen molar-refractivity contribution in [3.8, 4) is 5.75 Å². The smallest absolute Gasteiger partial charge is 0.352 e. The van der Waals surface area contributed by atoms with Gasteiger partial charge in [0.1, 0.15) is 17.3 Å². The monoisotopic (exact) mass is 446 g/mol. The molecule has 0 spiro atoms. The first-order valence-electron chi connectivity index (χ1n) is 11.0. The van der Waals surface area contributed by atoms with Gasteiger partial charge >= 0.3 is 5.97 Å². The molecule has 0 unspecified atom stereocenters. The molecule has 6 heteroatoms. The average molecular weight is 447 g/mol. The summed E-state index contributed by atoms with van der Waals surface area (Å²) in [6, 6.07) is 20.1. The molecule has 170 valence electrons. The second-order valence-electron chi connectivity index (χ2n) is 8.01. The molecule has 0 saturated carbocycles. The number of nitrogens with one attached hydrogen (secondary N) is 1. The fourth-order valence-corrected chi connectivity index (χ4v) is 4.16. The highest BCUT2D eigenvalue weighted by atomic mass is 19.1. The molecule has 0 aliphatic heterocycles. The third-order valence-corrected chi connectivity index (χ3v) is 5.87. The van der Waals surface area contributed by atoms with Crippen LogP contribution in [0, 0.1) is 5.82 Å². The highest BCUT2D eigenvalue weighted by molar-refractivity contribution is 5.98. The minimum atomic E-state index is -1.02. The number of methoxy groups -OCH3 is 1. The van der Waals surface area contributed by atoms with Crippen LogP contribution in [-0.2, 0) is 26.1 Å². The van der Waals surface area contributed by atoms with Gasteiger partial charge in [-0.3, -0.25) is 0 Å². The van der Waals surface area contributed by atoms with Crippen molar-refractivity contribution in [1.29, 1.82) is 0 Å². The highest BCUT2D eigenvalue weighted by Gasteiger charge is 2.23. The van der Waals surface area contributed by atoms with E-state index in [1.165, 1.54) is 17.7 Å². The number of carbonyl (C=O) groups is 1. The van der Waals surface area contributed by atoms with E-state index in [4.69, 9.17) is 4.74 Å². The van der Waals surface area contributed by atoms with Gasteiger partial charge in [-0.1, -0.05) is 43.3 Å². The Morgan fingerprint density at radius 3 is 2.42 bits per heavy atom. The van der Waals surface area contributed by atoms with E-state index in [0.29, 0.717) is 30.0 Å². The van der Waals surface area contributed by atoms with Crippen molar-refractivity contribution in [2.75, 3.05) is 7.11 Å². The lowest BCUT2D eigenvalue weighted by Gasteiger charge is -2.11. The van der Waals surface area contributed by atoms with Crippen LogP contribution in [0.15, 0.2) is 66.7 Å². The number of nitrogens with zero attached hydrogens (tertiary/aromatic N) is 1. The molecular formula is C27H27FN2O3. The van der Waals surface area contributed by atoms with Crippen molar-refractivity contribution >= 4 is 16.9 Å². The predicted molar refractivity (Wildman–Crippen MR) is 127 cm³/mol. The maximum Gasteiger partial charge on any atom is 0.352 e. The molecule has 5 nitrogen and oxygen atoms in total. The molecule has 1 heterocycles. The van der Waals surface area contributed by atoms with Gasteiger partial charge < -0.3 is 19.7 Å². The molecule has 3 aromatic carbocycles. The van der Waals surface area contributed by atoms with Crippen LogP contribution < -0.4 is 10.1 Å². The van der Waals surface area contributed by atoms with Gasteiger partial charge in [0.05, 0.1) is 12.6 Å². The molecule has 4 rings (SSSR count). The van der Waals surface area contributed by atoms with E-state index in [0.717, 1.165) is 22.9 Å². The summed E-state index contributed by atoms with van der Waals surface area (Å²) in [4.78, 5) is 12.4. The van der Waals surface area contributed by atoms with Gasteiger partial charge in [-0.05, 0) is 47.4 Å². The molecule has 0 atom stereocenters. The standard InChI is InChI=1S/C27H27FN2O3/c1-3-18-7-9-19(10-8-18)15-29-16-24-23-12-11-22(33-2)14-25(23)30(26(24)27(31)32)17-20-5-4-6-21(28)13-20/h4-14,29H,3,15-17H2,1-2H3,(H,31,32). The molecule has 2 N–H and O–H groups in total. The Morgan fingerprint density at radius 2 is 1.76 bits per heavy atom. The Hall–Kier alpha value is -3.64. The van der Waals surface area contributed by atoms with Crippen molar-refractivity contribution in [3.63, 3.8) is 0 Å². The number of ether oxygens (including phenoxy) is 1. The van der Waals surface area contributed by atoms with Gasteiger partial charge in [0.25, 0.3) is 0 Å². The van der Waals surface area contributed by atoms with Gasteiger partial charge in [-0.25, -0.2) is 9.18 Å². The lowest BCUT2D eigenvalue weighted by Crippen LogP contribution is -2.17. The van der Waals surface area contributed by atoms with E-state index in [-0.39, 0.29) is 18.1 Å².